The van der Waals surface area contributed by atoms with Gasteiger partial charge in [0.15, 0.2) is 0 Å². The Labute approximate surface area is 80.5 Å². The van der Waals surface area contributed by atoms with E-state index < -0.39 is 0 Å². The van der Waals surface area contributed by atoms with Gasteiger partial charge in [0.2, 0.25) is 0 Å². The molecule has 0 amide bonds. The van der Waals surface area contributed by atoms with Gasteiger partial charge in [-0.1, -0.05) is 11.6 Å². The summed E-state index contributed by atoms with van der Waals surface area (Å²) in [5.74, 6) is -0.367. The van der Waals surface area contributed by atoms with Crippen molar-refractivity contribution in [2.75, 3.05) is 0 Å². The molecule has 0 bridgehead atoms. The van der Waals surface area contributed by atoms with Gasteiger partial charge < -0.3 is 4.98 Å². The average molecular weight is 198 g/mol. The minimum atomic E-state index is -0.367. The van der Waals surface area contributed by atoms with Gasteiger partial charge in [-0.05, 0) is 31.5 Å². The molecule has 0 aliphatic rings. The van der Waals surface area contributed by atoms with Crippen LogP contribution in [0.3, 0.4) is 0 Å². The van der Waals surface area contributed by atoms with E-state index in [1.165, 1.54) is 6.07 Å². The number of H-pyrrole nitrogens is 1. The lowest BCUT2D eigenvalue weighted by Crippen LogP contribution is -1.82. The van der Waals surface area contributed by atoms with Gasteiger partial charge in [-0.25, -0.2) is 4.39 Å². The van der Waals surface area contributed by atoms with E-state index in [0.717, 1.165) is 16.6 Å². The molecule has 1 aromatic carbocycles. The maximum absolute atomic E-state index is 13.2. The van der Waals surface area contributed by atoms with E-state index in [-0.39, 0.29) is 10.8 Å². The second kappa shape index (κ2) is 2.74. The summed E-state index contributed by atoms with van der Waals surface area (Å²) in [4.78, 5) is 3.04. The van der Waals surface area contributed by atoms with Crippen LogP contribution in [0, 0.1) is 19.7 Å². The van der Waals surface area contributed by atoms with Gasteiger partial charge in [-0.15, -0.1) is 0 Å². The van der Waals surface area contributed by atoms with Gasteiger partial charge in [-0.3, -0.25) is 0 Å². The Bertz CT molecular complexity index is 473. The molecule has 2 aromatic rings. The standard InChI is InChI=1S/C10H9ClFN/c1-5-3-8(12)9(11)10-7(5)4-6(2)13-10/h3-4,13H,1-2H3. The topological polar surface area (TPSA) is 15.8 Å². The van der Waals surface area contributed by atoms with E-state index in [1.807, 2.05) is 19.9 Å². The van der Waals surface area contributed by atoms with Gasteiger partial charge in [0, 0.05) is 11.1 Å². The van der Waals surface area contributed by atoms with Crippen LogP contribution in [0.15, 0.2) is 12.1 Å². The van der Waals surface area contributed by atoms with Gasteiger partial charge >= 0.3 is 0 Å². The molecule has 1 nitrogen and oxygen atoms in total. The zero-order valence-electron chi connectivity index (χ0n) is 7.41. The fourth-order valence-electron chi connectivity index (χ4n) is 1.52. The van der Waals surface area contributed by atoms with Crippen molar-refractivity contribution in [1.29, 1.82) is 0 Å². The first kappa shape index (κ1) is 8.57. The van der Waals surface area contributed by atoms with Crippen LogP contribution in [0.2, 0.25) is 5.02 Å². The van der Waals surface area contributed by atoms with Crippen molar-refractivity contribution in [2.45, 2.75) is 13.8 Å². The maximum atomic E-state index is 13.2. The van der Waals surface area contributed by atoms with Crippen molar-refractivity contribution in [1.82, 2.24) is 4.98 Å². The third-order valence-electron chi connectivity index (χ3n) is 2.15. The van der Waals surface area contributed by atoms with Gasteiger partial charge in [0.1, 0.15) is 10.8 Å². The van der Waals surface area contributed by atoms with E-state index in [2.05, 4.69) is 4.98 Å². The number of aromatic nitrogens is 1. The van der Waals surface area contributed by atoms with Crippen LogP contribution in [0.25, 0.3) is 10.9 Å². The number of halogens is 2. The van der Waals surface area contributed by atoms with E-state index in [0.29, 0.717) is 5.52 Å². The lowest BCUT2D eigenvalue weighted by Gasteiger charge is -1.99. The fourth-order valence-corrected chi connectivity index (χ4v) is 1.73. The van der Waals surface area contributed by atoms with Crippen LogP contribution in [-0.4, -0.2) is 4.98 Å². The highest BCUT2D eigenvalue weighted by molar-refractivity contribution is 6.35. The molecule has 1 heterocycles. The highest BCUT2D eigenvalue weighted by atomic mass is 35.5. The largest absolute Gasteiger partial charge is 0.357 e. The summed E-state index contributed by atoms with van der Waals surface area (Å²) < 4.78 is 13.2. The van der Waals surface area contributed by atoms with Gasteiger partial charge in [-0.2, -0.15) is 0 Å². The molecule has 68 valence electrons. The van der Waals surface area contributed by atoms with Crippen molar-refractivity contribution in [3.8, 4) is 0 Å². The van der Waals surface area contributed by atoms with Gasteiger partial charge in [0.05, 0.1) is 5.52 Å². The second-order valence-corrected chi connectivity index (χ2v) is 3.61. The summed E-state index contributed by atoms with van der Waals surface area (Å²) in [6.45, 7) is 3.79. The Hall–Kier alpha value is -1.02. The van der Waals surface area contributed by atoms with Crippen LogP contribution < -0.4 is 0 Å². The van der Waals surface area contributed by atoms with Crippen molar-refractivity contribution in [3.63, 3.8) is 0 Å². The quantitative estimate of drug-likeness (QED) is 0.665. The lowest BCUT2D eigenvalue weighted by atomic mass is 10.1. The van der Waals surface area contributed by atoms with E-state index in [1.54, 1.807) is 0 Å². The Morgan fingerprint density at radius 1 is 1.31 bits per heavy atom. The van der Waals surface area contributed by atoms with Crippen molar-refractivity contribution in [2.24, 2.45) is 0 Å². The first-order valence-corrected chi connectivity index (χ1v) is 4.41. The van der Waals surface area contributed by atoms with Crippen LogP contribution in [0.1, 0.15) is 11.3 Å². The molecule has 0 saturated carbocycles. The molecule has 0 spiro atoms. The van der Waals surface area contributed by atoms with E-state index in [4.69, 9.17) is 11.6 Å². The second-order valence-electron chi connectivity index (χ2n) is 3.23. The SMILES string of the molecule is Cc1cc2c(C)cc(F)c(Cl)c2[nH]1. The van der Waals surface area contributed by atoms with Crippen LogP contribution >= 0.6 is 11.6 Å². The molecular formula is C10H9ClFN. The molecule has 13 heavy (non-hydrogen) atoms. The first-order valence-electron chi connectivity index (χ1n) is 4.03. The number of aryl methyl sites for hydroxylation is 2. The zero-order chi connectivity index (χ0) is 9.59. The number of hydrogen-bond acceptors (Lipinski definition) is 0. The third-order valence-corrected chi connectivity index (χ3v) is 2.52. The molecular weight excluding hydrogens is 189 g/mol. The highest BCUT2D eigenvalue weighted by Crippen LogP contribution is 2.29. The number of hydrogen-bond donors (Lipinski definition) is 1. The monoisotopic (exact) mass is 197 g/mol. The molecule has 0 aliphatic carbocycles. The van der Waals surface area contributed by atoms with E-state index in [9.17, 15) is 4.39 Å². The third kappa shape index (κ3) is 1.22. The van der Waals surface area contributed by atoms with Crippen molar-refractivity contribution >= 4 is 22.5 Å². The zero-order valence-corrected chi connectivity index (χ0v) is 8.17. The molecule has 1 aromatic heterocycles. The normalized spacial score (nSPS) is 11.1. The Balaban J connectivity index is 2.95. The molecule has 2 rings (SSSR count). The number of fused-ring (bicyclic) bond motifs is 1. The molecule has 3 heteroatoms. The van der Waals surface area contributed by atoms with Crippen LogP contribution in [0.4, 0.5) is 4.39 Å². The lowest BCUT2D eigenvalue weighted by molar-refractivity contribution is 0.629. The summed E-state index contributed by atoms with van der Waals surface area (Å²) >= 11 is 5.81. The molecule has 0 unspecified atom stereocenters. The van der Waals surface area contributed by atoms with E-state index >= 15 is 0 Å². The van der Waals surface area contributed by atoms with Crippen molar-refractivity contribution in [3.05, 3.63) is 34.2 Å². The molecule has 0 radical (unpaired) electrons. The summed E-state index contributed by atoms with van der Waals surface area (Å²) in [5.41, 5.74) is 2.59. The fraction of sp³-hybridized carbons (Fsp3) is 0.200. The average Bonchev–Trinajstić information content (AvgIpc) is 2.44. The molecule has 0 fully saturated rings. The predicted molar refractivity (Wildman–Crippen MR) is 52.7 cm³/mol. The maximum Gasteiger partial charge on any atom is 0.144 e. The number of benzene rings is 1. The number of aromatic amines is 1. The van der Waals surface area contributed by atoms with Gasteiger partial charge in [0.25, 0.3) is 0 Å². The highest BCUT2D eigenvalue weighted by Gasteiger charge is 2.09. The Morgan fingerprint density at radius 3 is 2.69 bits per heavy atom. The minimum Gasteiger partial charge on any atom is -0.357 e. The Morgan fingerprint density at radius 2 is 2.00 bits per heavy atom. The summed E-state index contributed by atoms with van der Waals surface area (Å²) in [5, 5.41) is 1.16. The molecule has 0 saturated heterocycles. The first-order chi connectivity index (χ1) is 6.09. The predicted octanol–water partition coefficient (Wildman–Crippen LogP) is 3.58. The molecule has 0 atom stereocenters. The summed E-state index contributed by atoms with van der Waals surface area (Å²) in [6, 6.07) is 3.42. The number of rotatable bonds is 0. The summed E-state index contributed by atoms with van der Waals surface area (Å²) in [7, 11) is 0. The minimum absolute atomic E-state index is 0.175. The Kier molecular flexibility index (Phi) is 1.81. The number of nitrogens with one attached hydrogen (secondary N) is 1. The van der Waals surface area contributed by atoms with Crippen LogP contribution in [-0.2, 0) is 0 Å². The van der Waals surface area contributed by atoms with Crippen LogP contribution in [0.5, 0.6) is 0 Å². The summed E-state index contributed by atoms with van der Waals surface area (Å²) in [6.07, 6.45) is 0. The smallest absolute Gasteiger partial charge is 0.144 e. The molecule has 1 N–H and O–H groups in total. The van der Waals surface area contributed by atoms with Crippen molar-refractivity contribution < 1.29 is 4.39 Å². The molecule has 0 aliphatic heterocycles.